The quantitative estimate of drug-likeness (QED) is 0.548. The molecular formula is C21H20Cl2N2O4S. The number of hydrogen-bond acceptors (Lipinski definition) is 6. The van der Waals surface area contributed by atoms with Gasteiger partial charge in [0.2, 0.25) is 0 Å². The van der Waals surface area contributed by atoms with E-state index in [0.717, 1.165) is 4.90 Å². The van der Waals surface area contributed by atoms with Crippen LogP contribution in [0.25, 0.3) is 0 Å². The van der Waals surface area contributed by atoms with Crippen LogP contribution in [0, 0.1) is 0 Å². The number of thioether (sulfide) groups is 1. The molecule has 0 radical (unpaired) electrons. The second kappa shape index (κ2) is 10.2. The fourth-order valence-electron chi connectivity index (χ4n) is 2.80. The van der Waals surface area contributed by atoms with Crippen molar-refractivity contribution in [3.63, 3.8) is 0 Å². The van der Waals surface area contributed by atoms with E-state index in [9.17, 15) is 9.59 Å². The third kappa shape index (κ3) is 4.91. The average molecular weight is 467 g/mol. The lowest BCUT2D eigenvalue weighted by Crippen LogP contribution is -2.40. The molecule has 3 rings (SSSR count). The maximum Gasteiger partial charge on any atom is 0.267 e. The number of carbonyl (C=O) groups is 2. The second-order valence-corrected chi connectivity index (χ2v) is 7.99. The molecule has 6 nitrogen and oxygen atoms in total. The van der Waals surface area contributed by atoms with Crippen molar-refractivity contribution in [3.8, 4) is 11.5 Å². The normalized spacial score (nSPS) is 13.0. The highest BCUT2D eigenvalue weighted by atomic mass is 35.5. The van der Waals surface area contributed by atoms with Crippen LogP contribution in [-0.4, -0.2) is 47.4 Å². The third-order valence-corrected chi connectivity index (χ3v) is 5.67. The molecule has 1 aliphatic rings. The first kappa shape index (κ1) is 22.5. The number of nitrogens with zero attached hydrogens (tertiary/aromatic N) is 2. The molecule has 158 valence electrons. The number of ether oxygens (including phenoxy) is 2. The zero-order valence-electron chi connectivity index (χ0n) is 16.5. The minimum absolute atomic E-state index is 0.254. The predicted octanol–water partition coefficient (Wildman–Crippen LogP) is 5.18. The van der Waals surface area contributed by atoms with Gasteiger partial charge in [0.25, 0.3) is 11.8 Å². The van der Waals surface area contributed by atoms with Crippen molar-refractivity contribution in [1.29, 1.82) is 0 Å². The standard InChI is InChI=1S/C21H20Cl2N2O4S/c1-3-28-17-7-5-13(11-15(17)22)19(26)25(21-24-9-10-30-21)20(27)14-6-8-18(29-4-2)16(23)12-14/h5-8,11-12H,3-4,9-10H2,1-2H3. The van der Waals surface area contributed by atoms with Crippen LogP contribution in [0.4, 0.5) is 0 Å². The number of aliphatic imine (C=N–C) groups is 1. The van der Waals surface area contributed by atoms with E-state index in [1.807, 2.05) is 13.8 Å². The molecule has 0 saturated heterocycles. The summed E-state index contributed by atoms with van der Waals surface area (Å²) in [5, 5.41) is 0.931. The number of benzene rings is 2. The van der Waals surface area contributed by atoms with Crippen LogP contribution in [-0.2, 0) is 0 Å². The maximum atomic E-state index is 13.3. The molecule has 0 atom stereocenters. The molecular weight excluding hydrogens is 447 g/mol. The lowest BCUT2D eigenvalue weighted by atomic mass is 10.1. The lowest BCUT2D eigenvalue weighted by Gasteiger charge is -2.21. The molecule has 0 unspecified atom stereocenters. The molecule has 30 heavy (non-hydrogen) atoms. The Balaban J connectivity index is 1.95. The number of rotatable bonds is 6. The summed E-state index contributed by atoms with van der Waals surface area (Å²) in [4.78, 5) is 31.9. The van der Waals surface area contributed by atoms with Crippen molar-refractivity contribution in [2.45, 2.75) is 13.8 Å². The lowest BCUT2D eigenvalue weighted by molar-refractivity contribution is 0.0717. The molecule has 0 fully saturated rings. The number of halogens is 2. The topological polar surface area (TPSA) is 68.2 Å². The van der Waals surface area contributed by atoms with E-state index in [4.69, 9.17) is 32.7 Å². The number of amidine groups is 1. The smallest absolute Gasteiger partial charge is 0.267 e. The van der Waals surface area contributed by atoms with Gasteiger partial charge in [-0.1, -0.05) is 35.0 Å². The summed E-state index contributed by atoms with van der Waals surface area (Å²) in [6, 6.07) is 9.34. The summed E-state index contributed by atoms with van der Waals surface area (Å²) in [6.45, 7) is 5.11. The Kier molecular flexibility index (Phi) is 7.64. The SMILES string of the molecule is CCOc1ccc(C(=O)N(C(=O)c2ccc(OCC)c(Cl)c2)C2=NCCS2)cc1Cl. The van der Waals surface area contributed by atoms with Crippen LogP contribution < -0.4 is 9.47 Å². The first-order valence-corrected chi connectivity index (χ1v) is 11.1. The van der Waals surface area contributed by atoms with Crippen LogP contribution in [0.3, 0.4) is 0 Å². The monoisotopic (exact) mass is 466 g/mol. The van der Waals surface area contributed by atoms with Crippen LogP contribution in [0.2, 0.25) is 10.0 Å². The Morgan fingerprint density at radius 2 is 1.47 bits per heavy atom. The molecule has 0 spiro atoms. The molecule has 0 aromatic heterocycles. The summed E-state index contributed by atoms with van der Waals surface area (Å²) in [5.74, 6) is 0.589. The Morgan fingerprint density at radius 1 is 0.967 bits per heavy atom. The van der Waals surface area contributed by atoms with Gasteiger partial charge in [0.05, 0.1) is 29.8 Å². The Hall–Kier alpha value is -2.22. The van der Waals surface area contributed by atoms with E-state index in [-0.39, 0.29) is 11.1 Å². The summed E-state index contributed by atoms with van der Waals surface area (Å²) in [6.07, 6.45) is 0. The van der Waals surface area contributed by atoms with Crippen molar-refractivity contribution in [2.75, 3.05) is 25.5 Å². The minimum atomic E-state index is -0.525. The molecule has 2 aromatic carbocycles. The molecule has 0 N–H and O–H groups in total. The van der Waals surface area contributed by atoms with Crippen LogP contribution in [0.5, 0.6) is 11.5 Å². The van der Waals surface area contributed by atoms with Gasteiger partial charge >= 0.3 is 0 Å². The van der Waals surface area contributed by atoms with Crippen LogP contribution >= 0.6 is 35.0 Å². The Bertz CT molecular complexity index is 929. The first-order valence-electron chi connectivity index (χ1n) is 9.37. The Morgan fingerprint density at radius 3 is 1.83 bits per heavy atom. The highest BCUT2D eigenvalue weighted by Crippen LogP contribution is 2.29. The van der Waals surface area contributed by atoms with Crippen molar-refractivity contribution < 1.29 is 19.1 Å². The first-order chi connectivity index (χ1) is 14.5. The van der Waals surface area contributed by atoms with Gasteiger partial charge < -0.3 is 9.47 Å². The van der Waals surface area contributed by atoms with E-state index >= 15 is 0 Å². The number of hydrogen-bond donors (Lipinski definition) is 0. The predicted molar refractivity (Wildman–Crippen MR) is 121 cm³/mol. The van der Waals surface area contributed by atoms with Crippen molar-refractivity contribution in [3.05, 3.63) is 57.6 Å². The fourth-order valence-corrected chi connectivity index (χ4v) is 4.11. The van der Waals surface area contributed by atoms with Gasteiger partial charge in [0.1, 0.15) is 11.5 Å². The Labute approximate surface area is 189 Å². The van der Waals surface area contributed by atoms with E-state index < -0.39 is 11.8 Å². The van der Waals surface area contributed by atoms with Crippen molar-refractivity contribution in [1.82, 2.24) is 4.90 Å². The molecule has 2 amide bonds. The number of carbonyl (C=O) groups excluding carboxylic acids is 2. The highest BCUT2D eigenvalue weighted by molar-refractivity contribution is 8.14. The largest absolute Gasteiger partial charge is 0.492 e. The van der Waals surface area contributed by atoms with E-state index in [2.05, 4.69) is 4.99 Å². The molecule has 0 saturated carbocycles. The van der Waals surface area contributed by atoms with Gasteiger partial charge in [-0.05, 0) is 50.2 Å². The van der Waals surface area contributed by atoms with Crippen molar-refractivity contribution in [2.24, 2.45) is 4.99 Å². The molecule has 0 bridgehead atoms. The second-order valence-electron chi connectivity index (χ2n) is 6.11. The molecule has 1 heterocycles. The average Bonchev–Trinajstić information content (AvgIpc) is 3.25. The zero-order chi connectivity index (χ0) is 21.7. The highest BCUT2D eigenvalue weighted by Gasteiger charge is 2.31. The van der Waals surface area contributed by atoms with Gasteiger partial charge in [-0.3, -0.25) is 14.6 Å². The van der Waals surface area contributed by atoms with E-state index in [1.54, 1.807) is 24.3 Å². The molecule has 1 aliphatic heterocycles. The summed E-state index contributed by atoms with van der Waals surface area (Å²) >= 11 is 13.8. The van der Waals surface area contributed by atoms with E-state index in [0.29, 0.717) is 52.2 Å². The van der Waals surface area contributed by atoms with E-state index in [1.165, 1.54) is 23.9 Å². The number of imide groups is 1. The van der Waals surface area contributed by atoms with Crippen molar-refractivity contribution >= 4 is 51.9 Å². The molecule has 9 heteroatoms. The fraction of sp³-hybridized carbons (Fsp3) is 0.286. The molecule has 0 aliphatic carbocycles. The van der Waals surface area contributed by atoms with Crippen LogP contribution in [0.1, 0.15) is 34.6 Å². The van der Waals surface area contributed by atoms with Gasteiger partial charge in [0, 0.05) is 16.9 Å². The van der Waals surface area contributed by atoms with Gasteiger partial charge in [-0.15, -0.1) is 0 Å². The van der Waals surface area contributed by atoms with Gasteiger partial charge in [0.15, 0.2) is 5.17 Å². The van der Waals surface area contributed by atoms with Gasteiger partial charge in [-0.25, -0.2) is 4.90 Å². The summed E-state index contributed by atoms with van der Waals surface area (Å²) < 4.78 is 10.8. The van der Waals surface area contributed by atoms with Crippen LogP contribution in [0.15, 0.2) is 41.4 Å². The maximum absolute atomic E-state index is 13.3. The summed E-state index contributed by atoms with van der Waals surface area (Å²) in [5.41, 5.74) is 0.507. The number of amides is 2. The van der Waals surface area contributed by atoms with Gasteiger partial charge in [-0.2, -0.15) is 0 Å². The molecule has 2 aromatic rings. The third-order valence-electron chi connectivity index (χ3n) is 4.12. The minimum Gasteiger partial charge on any atom is -0.492 e. The zero-order valence-corrected chi connectivity index (χ0v) is 18.8. The summed E-state index contributed by atoms with van der Waals surface area (Å²) in [7, 11) is 0.